The van der Waals surface area contributed by atoms with Crippen LogP contribution in [-0.4, -0.2) is 25.7 Å². The lowest BCUT2D eigenvalue weighted by Gasteiger charge is -2.23. The molecule has 0 saturated carbocycles. The summed E-state index contributed by atoms with van der Waals surface area (Å²) in [6.45, 7) is 2.78. The number of thiophene rings is 1. The van der Waals surface area contributed by atoms with E-state index in [0.29, 0.717) is 0 Å². The number of anilines is 2. The summed E-state index contributed by atoms with van der Waals surface area (Å²) in [6, 6.07) is 21.1. The van der Waals surface area contributed by atoms with Gasteiger partial charge in [-0.05, 0) is 35.7 Å². The maximum atomic E-state index is 6.13. The summed E-state index contributed by atoms with van der Waals surface area (Å²) in [5, 5.41) is 6.64. The second-order valence-corrected chi connectivity index (χ2v) is 9.48. The summed E-state index contributed by atoms with van der Waals surface area (Å²) in [5.41, 5.74) is 11.5. The van der Waals surface area contributed by atoms with Crippen molar-refractivity contribution in [1.82, 2.24) is 19.5 Å². The van der Waals surface area contributed by atoms with Gasteiger partial charge >= 0.3 is 0 Å². The molecule has 0 bridgehead atoms. The van der Waals surface area contributed by atoms with Crippen LogP contribution in [0, 0.1) is 6.92 Å². The van der Waals surface area contributed by atoms with E-state index in [1.807, 2.05) is 30.5 Å². The quantitative estimate of drug-likeness (QED) is 0.374. The lowest BCUT2D eigenvalue weighted by Crippen LogP contribution is -2.20. The Hall–Kier alpha value is -4.04. The Labute approximate surface area is 201 Å². The molecule has 0 aliphatic carbocycles. The predicted molar refractivity (Wildman–Crippen MR) is 138 cm³/mol. The van der Waals surface area contributed by atoms with E-state index in [2.05, 4.69) is 85.4 Å². The maximum absolute atomic E-state index is 6.13. The van der Waals surface area contributed by atoms with E-state index < -0.39 is 0 Å². The van der Waals surface area contributed by atoms with Crippen LogP contribution in [-0.2, 0) is 6.54 Å². The molecule has 1 unspecified atom stereocenters. The second-order valence-electron chi connectivity index (χ2n) is 8.42. The highest BCUT2D eigenvalue weighted by Crippen LogP contribution is 2.41. The molecule has 1 aliphatic rings. The molecule has 0 fully saturated rings. The molecule has 3 aromatic heterocycles. The summed E-state index contributed by atoms with van der Waals surface area (Å²) in [4.78, 5) is 14.6. The highest BCUT2D eigenvalue weighted by molar-refractivity contribution is 7.22. The van der Waals surface area contributed by atoms with Gasteiger partial charge in [0, 0.05) is 30.3 Å². The molecule has 4 heterocycles. The molecule has 5 aromatic rings. The fourth-order valence-electron chi connectivity index (χ4n) is 4.39. The zero-order valence-electron chi connectivity index (χ0n) is 18.7. The number of fused-ring (bicyclic) bond motifs is 1. The van der Waals surface area contributed by atoms with Crippen LogP contribution in [0.15, 0.2) is 78.3 Å². The van der Waals surface area contributed by atoms with Crippen molar-refractivity contribution in [2.24, 2.45) is 5.10 Å². The van der Waals surface area contributed by atoms with Crippen LogP contribution in [0.2, 0.25) is 0 Å². The van der Waals surface area contributed by atoms with Gasteiger partial charge in [-0.1, -0.05) is 48.5 Å². The lowest BCUT2D eigenvalue weighted by molar-refractivity contribution is 0.703. The van der Waals surface area contributed by atoms with E-state index in [4.69, 9.17) is 5.73 Å². The van der Waals surface area contributed by atoms with Crippen molar-refractivity contribution in [3.63, 3.8) is 0 Å². The Morgan fingerprint density at radius 3 is 2.76 bits per heavy atom. The van der Waals surface area contributed by atoms with Crippen molar-refractivity contribution in [2.75, 3.05) is 10.7 Å². The zero-order valence-corrected chi connectivity index (χ0v) is 19.5. The lowest BCUT2D eigenvalue weighted by atomic mass is 10.0. The van der Waals surface area contributed by atoms with Crippen LogP contribution in [0.4, 0.5) is 11.8 Å². The molecule has 34 heavy (non-hydrogen) atoms. The van der Waals surface area contributed by atoms with Crippen LogP contribution in [0.25, 0.3) is 20.7 Å². The monoisotopic (exact) mass is 465 g/mol. The minimum Gasteiger partial charge on any atom is -0.368 e. The van der Waals surface area contributed by atoms with Gasteiger partial charge in [-0.2, -0.15) is 10.1 Å². The number of imidazole rings is 1. The maximum Gasteiger partial charge on any atom is 0.222 e. The second kappa shape index (κ2) is 8.39. The number of hydrogen-bond donors (Lipinski definition) is 1. The first kappa shape index (κ1) is 20.6. The smallest absolute Gasteiger partial charge is 0.222 e. The summed E-state index contributed by atoms with van der Waals surface area (Å²) < 4.78 is 3.08. The van der Waals surface area contributed by atoms with Gasteiger partial charge in [0.05, 0.1) is 28.3 Å². The molecule has 2 aromatic carbocycles. The molecule has 6 rings (SSSR count). The first-order valence-corrected chi connectivity index (χ1v) is 12.0. The number of hydrazone groups is 1. The molecule has 7 nitrogen and oxygen atoms in total. The molecule has 1 atom stereocenters. The van der Waals surface area contributed by atoms with E-state index in [0.717, 1.165) is 45.1 Å². The normalized spacial score (nSPS) is 15.4. The number of benzene rings is 2. The Bertz CT molecular complexity index is 1500. The van der Waals surface area contributed by atoms with Gasteiger partial charge in [0.15, 0.2) is 5.82 Å². The van der Waals surface area contributed by atoms with Crippen molar-refractivity contribution in [1.29, 1.82) is 0 Å². The number of hydrogen-bond acceptors (Lipinski definition) is 7. The Morgan fingerprint density at radius 1 is 1.06 bits per heavy atom. The van der Waals surface area contributed by atoms with Crippen LogP contribution < -0.4 is 10.7 Å². The van der Waals surface area contributed by atoms with Crippen LogP contribution in [0.5, 0.6) is 0 Å². The van der Waals surface area contributed by atoms with Crippen molar-refractivity contribution in [3.05, 3.63) is 90.0 Å². The fourth-order valence-corrected chi connectivity index (χ4v) is 5.47. The van der Waals surface area contributed by atoms with E-state index in [9.17, 15) is 0 Å². The van der Waals surface area contributed by atoms with Crippen molar-refractivity contribution in [3.8, 4) is 10.4 Å². The highest BCUT2D eigenvalue weighted by Gasteiger charge is 2.28. The van der Waals surface area contributed by atoms with Crippen molar-refractivity contribution < 1.29 is 0 Å². The van der Waals surface area contributed by atoms with E-state index in [1.165, 1.54) is 11.1 Å². The molecular formula is C26H23N7S. The Morgan fingerprint density at radius 2 is 1.94 bits per heavy atom. The minimum atomic E-state index is 0.0891. The van der Waals surface area contributed by atoms with Crippen molar-refractivity contribution >= 4 is 39.5 Å². The van der Waals surface area contributed by atoms with Crippen molar-refractivity contribution in [2.45, 2.75) is 25.9 Å². The number of aromatic nitrogens is 4. The average Bonchev–Trinajstić information content (AvgIpc) is 3.59. The number of aryl methyl sites for hydroxylation is 1. The zero-order chi connectivity index (χ0) is 23.1. The summed E-state index contributed by atoms with van der Waals surface area (Å²) in [7, 11) is 0. The summed E-state index contributed by atoms with van der Waals surface area (Å²) in [5.74, 6) is 1.01. The molecule has 0 radical (unpaired) electrons. The van der Waals surface area contributed by atoms with Gasteiger partial charge in [0.1, 0.15) is 0 Å². The number of rotatable bonds is 5. The Balaban J connectivity index is 1.38. The third kappa shape index (κ3) is 3.82. The fraction of sp³-hybridized carbons (Fsp3) is 0.154. The molecule has 0 spiro atoms. The van der Waals surface area contributed by atoms with Gasteiger partial charge in [-0.3, -0.25) is 0 Å². The number of nitrogens with zero attached hydrogens (tertiary/aromatic N) is 6. The SMILES string of the molecule is Cc1cn(Cc2cccc(-c3cc4nc(N)nc(N5N=CCC5c5ccccc5)c4s3)c2)cn1. The molecular weight excluding hydrogens is 442 g/mol. The molecule has 168 valence electrons. The van der Waals surface area contributed by atoms with Crippen LogP contribution in [0.3, 0.4) is 0 Å². The molecule has 2 N–H and O–H groups in total. The van der Waals surface area contributed by atoms with E-state index >= 15 is 0 Å². The number of nitrogens with two attached hydrogens (primary N) is 1. The van der Waals surface area contributed by atoms with Gasteiger partial charge < -0.3 is 10.3 Å². The van der Waals surface area contributed by atoms with Gasteiger partial charge in [0.2, 0.25) is 5.95 Å². The standard InChI is InChI=1S/C26H23N7S/c1-17-14-32(16-28-17)15-18-6-5-9-20(12-18)23-13-21-24(34-23)25(31-26(27)30-21)33-22(10-11-29-33)19-7-3-2-4-8-19/h2-9,11-14,16,22H,10,15H2,1H3,(H2,27,30,31). The third-order valence-corrected chi connectivity index (χ3v) is 7.11. The first-order valence-electron chi connectivity index (χ1n) is 11.2. The first-order chi connectivity index (χ1) is 16.6. The van der Waals surface area contributed by atoms with Gasteiger partial charge in [-0.15, -0.1) is 11.3 Å². The molecule has 8 heteroatoms. The molecule has 1 aliphatic heterocycles. The largest absolute Gasteiger partial charge is 0.368 e. The molecule has 0 saturated heterocycles. The van der Waals surface area contributed by atoms with E-state index in [1.54, 1.807) is 11.3 Å². The Kier molecular flexibility index (Phi) is 5.07. The molecule has 0 amide bonds. The van der Waals surface area contributed by atoms with Gasteiger partial charge in [-0.25, -0.2) is 15.0 Å². The average molecular weight is 466 g/mol. The topological polar surface area (TPSA) is 85.2 Å². The number of nitrogen functional groups attached to an aromatic ring is 1. The highest BCUT2D eigenvalue weighted by atomic mass is 32.1. The third-order valence-electron chi connectivity index (χ3n) is 5.94. The summed E-state index contributed by atoms with van der Waals surface area (Å²) >= 11 is 1.67. The summed E-state index contributed by atoms with van der Waals surface area (Å²) in [6.07, 6.45) is 6.68. The van der Waals surface area contributed by atoms with Crippen LogP contribution in [0.1, 0.15) is 29.3 Å². The van der Waals surface area contributed by atoms with Gasteiger partial charge in [0.25, 0.3) is 0 Å². The predicted octanol–water partition coefficient (Wildman–Crippen LogP) is 5.43. The van der Waals surface area contributed by atoms with Crippen LogP contribution >= 0.6 is 11.3 Å². The van der Waals surface area contributed by atoms with E-state index in [-0.39, 0.29) is 12.0 Å². The minimum absolute atomic E-state index is 0.0891.